The molecule has 0 saturated heterocycles. The monoisotopic (exact) mass is 367 g/mol. The summed E-state index contributed by atoms with van der Waals surface area (Å²) >= 11 is 0. The first kappa shape index (κ1) is 17.7. The molecule has 28 heavy (non-hydrogen) atoms. The molecule has 1 aliphatic carbocycles. The number of rotatable bonds is 4. The highest BCUT2D eigenvalue weighted by molar-refractivity contribution is 6.15. The number of hydrogen-bond donors (Lipinski definition) is 2. The molecule has 3 heterocycles. The number of allylic oxidation sites excluding steroid dienone is 6. The van der Waals surface area contributed by atoms with Crippen molar-refractivity contribution in [2.75, 3.05) is 12.4 Å². The molecule has 138 valence electrons. The van der Waals surface area contributed by atoms with Crippen molar-refractivity contribution in [3.63, 3.8) is 0 Å². The van der Waals surface area contributed by atoms with E-state index in [-0.39, 0.29) is 0 Å². The first-order valence-corrected chi connectivity index (χ1v) is 9.07. The summed E-state index contributed by atoms with van der Waals surface area (Å²) in [5, 5.41) is 4.33. The number of H-pyrrole nitrogens is 1. The Morgan fingerprint density at radius 1 is 1.18 bits per heavy atom. The van der Waals surface area contributed by atoms with Crippen LogP contribution in [0.2, 0.25) is 0 Å². The zero-order valence-corrected chi connectivity index (χ0v) is 15.9. The molecule has 0 aliphatic heterocycles. The summed E-state index contributed by atoms with van der Waals surface area (Å²) in [6, 6.07) is 7.86. The van der Waals surface area contributed by atoms with Crippen molar-refractivity contribution < 1.29 is 0 Å². The largest absolute Gasteiger partial charge is 0.345 e. The van der Waals surface area contributed by atoms with Gasteiger partial charge >= 0.3 is 0 Å². The Hall–Kier alpha value is -3.73. The van der Waals surface area contributed by atoms with Crippen LogP contribution in [-0.4, -0.2) is 27.7 Å². The van der Waals surface area contributed by atoms with E-state index in [9.17, 15) is 0 Å². The number of hydrogen-bond acceptors (Lipinski definition) is 4. The molecular weight excluding hydrogens is 346 g/mol. The third-order valence-electron chi connectivity index (χ3n) is 4.74. The maximum absolute atomic E-state index is 4.69. The van der Waals surface area contributed by atoms with E-state index >= 15 is 0 Å². The fraction of sp³-hybridized carbons (Fsp3) is 0.0870. The fourth-order valence-corrected chi connectivity index (χ4v) is 3.25. The normalized spacial score (nSPS) is 16.6. The number of aliphatic imine (C=N–C) groups is 1. The molecule has 0 amide bonds. The van der Waals surface area contributed by atoms with Gasteiger partial charge in [-0.2, -0.15) is 0 Å². The molecule has 3 aromatic rings. The Labute approximate surface area is 164 Å². The molecule has 0 saturated carbocycles. The van der Waals surface area contributed by atoms with E-state index in [1.807, 2.05) is 44.4 Å². The van der Waals surface area contributed by atoms with Crippen molar-refractivity contribution in [3.05, 3.63) is 90.4 Å². The molecule has 3 aromatic heterocycles. The van der Waals surface area contributed by atoms with Gasteiger partial charge in [-0.15, -0.1) is 0 Å². The SMILES string of the molecule is C=C(Nc1ccc2c(C3=C/C(=C/C)C(=NC)C=C3)c[nH]c2n1)c1ccncc1. The quantitative estimate of drug-likeness (QED) is 0.681. The predicted octanol–water partition coefficient (Wildman–Crippen LogP) is 5.01. The van der Waals surface area contributed by atoms with E-state index in [4.69, 9.17) is 4.98 Å². The summed E-state index contributed by atoms with van der Waals surface area (Å²) in [5.74, 6) is 0.741. The first-order valence-electron chi connectivity index (χ1n) is 9.07. The van der Waals surface area contributed by atoms with Gasteiger partial charge in [0.1, 0.15) is 11.5 Å². The van der Waals surface area contributed by atoms with Crippen molar-refractivity contribution >= 4 is 33.8 Å². The average Bonchev–Trinajstić information content (AvgIpc) is 3.17. The van der Waals surface area contributed by atoms with Gasteiger partial charge in [0.05, 0.1) is 5.71 Å². The fourth-order valence-electron chi connectivity index (χ4n) is 3.25. The van der Waals surface area contributed by atoms with Gasteiger partial charge < -0.3 is 10.3 Å². The second-order valence-corrected chi connectivity index (χ2v) is 6.42. The Morgan fingerprint density at radius 2 is 2.00 bits per heavy atom. The van der Waals surface area contributed by atoms with Gasteiger partial charge in [-0.05, 0) is 54.5 Å². The van der Waals surface area contributed by atoms with E-state index in [1.54, 1.807) is 12.4 Å². The van der Waals surface area contributed by atoms with Crippen molar-refractivity contribution in [1.29, 1.82) is 0 Å². The molecule has 0 fully saturated rings. The summed E-state index contributed by atoms with van der Waals surface area (Å²) in [5.41, 5.74) is 6.95. The van der Waals surface area contributed by atoms with Gasteiger partial charge in [-0.1, -0.05) is 18.7 Å². The lowest BCUT2D eigenvalue weighted by atomic mass is 9.95. The lowest BCUT2D eigenvalue weighted by Gasteiger charge is -2.11. The third kappa shape index (κ3) is 3.30. The topological polar surface area (TPSA) is 66.0 Å². The van der Waals surface area contributed by atoms with Crippen LogP contribution < -0.4 is 5.32 Å². The second kappa shape index (κ2) is 7.48. The van der Waals surface area contributed by atoms with Gasteiger partial charge in [0.15, 0.2) is 0 Å². The van der Waals surface area contributed by atoms with E-state index in [0.29, 0.717) is 0 Å². The molecule has 0 atom stereocenters. The van der Waals surface area contributed by atoms with Gasteiger partial charge in [0.2, 0.25) is 0 Å². The molecule has 1 aliphatic rings. The zero-order chi connectivity index (χ0) is 19.5. The van der Waals surface area contributed by atoms with Gasteiger partial charge in [-0.25, -0.2) is 4.98 Å². The number of nitrogens with one attached hydrogen (secondary N) is 2. The Bertz CT molecular complexity index is 1160. The summed E-state index contributed by atoms with van der Waals surface area (Å²) in [6.45, 7) is 6.11. The molecular formula is C23H21N5. The minimum absolute atomic E-state index is 0.741. The minimum atomic E-state index is 0.741. The molecule has 5 nitrogen and oxygen atoms in total. The van der Waals surface area contributed by atoms with Crippen LogP contribution in [0.4, 0.5) is 5.82 Å². The summed E-state index contributed by atoms with van der Waals surface area (Å²) in [7, 11) is 1.81. The van der Waals surface area contributed by atoms with E-state index in [2.05, 4.69) is 51.2 Å². The molecule has 0 aromatic carbocycles. The smallest absolute Gasteiger partial charge is 0.140 e. The van der Waals surface area contributed by atoms with Crippen molar-refractivity contribution in [3.8, 4) is 0 Å². The van der Waals surface area contributed by atoms with Crippen LogP contribution in [-0.2, 0) is 0 Å². The molecule has 0 radical (unpaired) electrons. The number of pyridine rings is 2. The van der Waals surface area contributed by atoms with Crippen LogP contribution in [0.3, 0.4) is 0 Å². The lowest BCUT2D eigenvalue weighted by molar-refractivity contribution is 1.30. The molecule has 4 rings (SSSR count). The van der Waals surface area contributed by atoms with E-state index in [0.717, 1.165) is 50.5 Å². The highest BCUT2D eigenvalue weighted by atomic mass is 15.0. The Balaban J connectivity index is 1.63. The van der Waals surface area contributed by atoms with Crippen LogP contribution in [0.25, 0.3) is 22.3 Å². The van der Waals surface area contributed by atoms with Crippen LogP contribution >= 0.6 is 0 Å². The molecule has 2 N–H and O–H groups in total. The second-order valence-electron chi connectivity index (χ2n) is 6.42. The third-order valence-corrected chi connectivity index (χ3v) is 4.74. The highest BCUT2D eigenvalue weighted by Gasteiger charge is 2.13. The highest BCUT2D eigenvalue weighted by Crippen LogP contribution is 2.30. The number of fused-ring (bicyclic) bond motifs is 1. The van der Waals surface area contributed by atoms with E-state index in [1.165, 1.54) is 0 Å². The van der Waals surface area contributed by atoms with Gasteiger partial charge in [0, 0.05) is 47.8 Å². The minimum Gasteiger partial charge on any atom is -0.345 e. The van der Waals surface area contributed by atoms with Crippen molar-refractivity contribution in [1.82, 2.24) is 15.0 Å². The number of aromatic amines is 1. The van der Waals surface area contributed by atoms with Crippen LogP contribution in [0.5, 0.6) is 0 Å². The Morgan fingerprint density at radius 3 is 2.75 bits per heavy atom. The number of aromatic nitrogens is 3. The Kier molecular flexibility index (Phi) is 4.72. The number of nitrogens with zero attached hydrogens (tertiary/aromatic N) is 3. The average molecular weight is 367 g/mol. The lowest BCUT2D eigenvalue weighted by Crippen LogP contribution is -2.02. The van der Waals surface area contributed by atoms with Gasteiger partial charge in [0.25, 0.3) is 0 Å². The molecule has 0 unspecified atom stereocenters. The summed E-state index contributed by atoms with van der Waals surface area (Å²) < 4.78 is 0. The predicted molar refractivity (Wildman–Crippen MR) is 117 cm³/mol. The number of anilines is 1. The van der Waals surface area contributed by atoms with Crippen LogP contribution in [0.15, 0.2) is 84.3 Å². The maximum Gasteiger partial charge on any atom is 0.140 e. The summed E-state index contributed by atoms with van der Waals surface area (Å²) in [4.78, 5) is 16.3. The first-order chi connectivity index (χ1) is 13.7. The van der Waals surface area contributed by atoms with Crippen LogP contribution in [0, 0.1) is 0 Å². The molecule has 5 heteroatoms. The van der Waals surface area contributed by atoms with E-state index < -0.39 is 0 Å². The van der Waals surface area contributed by atoms with Gasteiger partial charge in [-0.3, -0.25) is 9.98 Å². The van der Waals surface area contributed by atoms with Crippen molar-refractivity contribution in [2.24, 2.45) is 4.99 Å². The molecule has 0 spiro atoms. The standard InChI is InChI=1S/C23H21N5/c1-4-16-13-18(5-7-21(16)24-3)20-14-26-23-19(20)6-8-22(28-23)27-15(2)17-9-11-25-12-10-17/h4-14H,2H2,1,3H3,(H2,26,27,28)/b16-4-,24-21?. The van der Waals surface area contributed by atoms with Crippen molar-refractivity contribution in [2.45, 2.75) is 6.92 Å². The molecule has 0 bridgehead atoms. The summed E-state index contributed by atoms with van der Waals surface area (Å²) in [6.07, 6.45) is 13.9. The van der Waals surface area contributed by atoms with Crippen LogP contribution in [0.1, 0.15) is 18.1 Å². The maximum atomic E-state index is 4.69. The zero-order valence-electron chi connectivity index (χ0n) is 15.9.